The molecule has 1 heteroatoms. The Bertz CT molecular complexity index is 457. The van der Waals surface area contributed by atoms with Crippen LogP contribution in [0.5, 0.6) is 0 Å². The molecule has 1 saturated carbocycles. The standard InChI is InChI=1S/C19H29N/c1-3-13-20-18(19(2)11-4-5-12-19)17-10-9-15-7-6-8-16(15)14-17/h9-10,14,18,20H,3-8,11-13H2,1-2H3. The average Bonchev–Trinajstić information content (AvgIpc) is 3.08. The summed E-state index contributed by atoms with van der Waals surface area (Å²) in [7, 11) is 0. The first-order valence-electron chi connectivity index (χ1n) is 8.58. The SMILES string of the molecule is CCCNC(c1ccc2c(c1)CCC2)C1(C)CCCC1. The predicted octanol–water partition coefficient (Wildman–Crippen LogP) is 4.80. The number of benzene rings is 1. The molecule has 0 saturated heterocycles. The molecule has 0 aromatic heterocycles. The zero-order valence-corrected chi connectivity index (χ0v) is 13.2. The summed E-state index contributed by atoms with van der Waals surface area (Å²) < 4.78 is 0. The van der Waals surface area contributed by atoms with Crippen LogP contribution in [-0.4, -0.2) is 6.54 Å². The van der Waals surface area contributed by atoms with Crippen LogP contribution in [0.2, 0.25) is 0 Å². The quantitative estimate of drug-likeness (QED) is 0.811. The number of fused-ring (bicyclic) bond motifs is 1. The van der Waals surface area contributed by atoms with Crippen LogP contribution in [0.3, 0.4) is 0 Å². The lowest BCUT2D eigenvalue weighted by atomic mass is 9.76. The van der Waals surface area contributed by atoms with E-state index in [0.717, 1.165) is 6.54 Å². The van der Waals surface area contributed by atoms with Crippen LogP contribution in [0.4, 0.5) is 0 Å². The van der Waals surface area contributed by atoms with Crippen molar-refractivity contribution in [2.24, 2.45) is 5.41 Å². The van der Waals surface area contributed by atoms with Crippen molar-refractivity contribution in [2.75, 3.05) is 6.54 Å². The van der Waals surface area contributed by atoms with Crippen molar-refractivity contribution in [3.8, 4) is 0 Å². The molecule has 0 aliphatic heterocycles. The smallest absolute Gasteiger partial charge is 0.0374 e. The Kier molecular flexibility index (Phi) is 4.16. The third-order valence-electron chi connectivity index (χ3n) is 5.50. The van der Waals surface area contributed by atoms with Gasteiger partial charge in [-0.2, -0.15) is 0 Å². The van der Waals surface area contributed by atoms with Crippen molar-refractivity contribution < 1.29 is 0 Å². The molecule has 1 unspecified atom stereocenters. The lowest BCUT2D eigenvalue weighted by Crippen LogP contribution is -2.35. The maximum Gasteiger partial charge on any atom is 0.0374 e. The van der Waals surface area contributed by atoms with E-state index in [4.69, 9.17) is 0 Å². The van der Waals surface area contributed by atoms with Crippen LogP contribution in [-0.2, 0) is 12.8 Å². The second-order valence-corrected chi connectivity index (χ2v) is 7.13. The summed E-state index contributed by atoms with van der Waals surface area (Å²) in [5.74, 6) is 0. The van der Waals surface area contributed by atoms with E-state index in [1.54, 1.807) is 16.7 Å². The fourth-order valence-corrected chi connectivity index (χ4v) is 4.30. The van der Waals surface area contributed by atoms with E-state index in [-0.39, 0.29) is 0 Å². The van der Waals surface area contributed by atoms with Crippen molar-refractivity contribution in [1.29, 1.82) is 0 Å². The van der Waals surface area contributed by atoms with Gasteiger partial charge in [0.25, 0.3) is 0 Å². The molecule has 1 nitrogen and oxygen atoms in total. The van der Waals surface area contributed by atoms with Gasteiger partial charge in [-0.3, -0.25) is 0 Å². The van der Waals surface area contributed by atoms with E-state index >= 15 is 0 Å². The Morgan fingerprint density at radius 3 is 2.60 bits per heavy atom. The summed E-state index contributed by atoms with van der Waals surface area (Å²) in [6.07, 6.45) is 10.7. The Morgan fingerprint density at radius 2 is 1.85 bits per heavy atom. The minimum atomic E-state index is 0.460. The summed E-state index contributed by atoms with van der Waals surface area (Å²) in [5.41, 5.74) is 5.22. The van der Waals surface area contributed by atoms with E-state index in [1.807, 2.05) is 0 Å². The van der Waals surface area contributed by atoms with Gasteiger partial charge < -0.3 is 5.32 Å². The van der Waals surface area contributed by atoms with Crippen molar-refractivity contribution in [1.82, 2.24) is 5.32 Å². The lowest BCUT2D eigenvalue weighted by molar-refractivity contribution is 0.223. The van der Waals surface area contributed by atoms with Crippen LogP contribution in [0.15, 0.2) is 18.2 Å². The number of aryl methyl sites for hydroxylation is 2. The molecule has 1 atom stereocenters. The molecule has 1 fully saturated rings. The van der Waals surface area contributed by atoms with E-state index in [2.05, 4.69) is 37.4 Å². The van der Waals surface area contributed by atoms with Gasteiger partial charge >= 0.3 is 0 Å². The van der Waals surface area contributed by atoms with E-state index < -0.39 is 0 Å². The molecule has 0 bridgehead atoms. The molecule has 0 spiro atoms. The molecule has 2 aliphatic carbocycles. The maximum absolute atomic E-state index is 3.86. The normalized spacial score (nSPS) is 21.9. The van der Waals surface area contributed by atoms with Gasteiger partial charge in [0.2, 0.25) is 0 Å². The van der Waals surface area contributed by atoms with Crippen LogP contribution >= 0.6 is 0 Å². The first-order chi connectivity index (χ1) is 9.73. The highest BCUT2D eigenvalue weighted by molar-refractivity contribution is 5.37. The van der Waals surface area contributed by atoms with Gasteiger partial charge in [0.05, 0.1) is 0 Å². The van der Waals surface area contributed by atoms with Crippen LogP contribution < -0.4 is 5.32 Å². The second kappa shape index (κ2) is 5.89. The van der Waals surface area contributed by atoms with Gasteiger partial charge in [0.1, 0.15) is 0 Å². The lowest BCUT2D eigenvalue weighted by Gasteiger charge is -2.35. The van der Waals surface area contributed by atoms with E-state index in [0.29, 0.717) is 11.5 Å². The molecule has 0 heterocycles. The molecular formula is C19H29N. The average molecular weight is 271 g/mol. The fourth-order valence-electron chi connectivity index (χ4n) is 4.30. The zero-order chi connectivity index (χ0) is 14.0. The highest BCUT2D eigenvalue weighted by Crippen LogP contribution is 2.47. The van der Waals surface area contributed by atoms with Crippen molar-refractivity contribution in [2.45, 2.75) is 71.3 Å². The first kappa shape index (κ1) is 14.1. The third kappa shape index (κ3) is 2.65. The molecule has 0 radical (unpaired) electrons. The Balaban J connectivity index is 1.88. The largest absolute Gasteiger partial charge is 0.309 e. The second-order valence-electron chi connectivity index (χ2n) is 7.13. The number of hydrogen-bond acceptors (Lipinski definition) is 1. The molecular weight excluding hydrogens is 242 g/mol. The minimum Gasteiger partial charge on any atom is -0.309 e. The van der Waals surface area contributed by atoms with Gasteiger partial charge in [0, 0.05) is 6.04 Å². The summed E-state index contributed by atoms with van der Waals surface area (Å²) in [4.78, 5) is 0. The molecule has 1 aromatic rings. The van der Waals surface area contributed by atoms with Crippen LogP contribution in [0, 0.1) is 5.41 Å². The van der Waals surface area contributed by atoms with Gasteiger partial charge in [-0.15, -0.1) is 0 Å². The number of rotatable bonds is 5. The van der Waals surface area contributed by atoms with Crippen LogP contribution in [0.25, 0.3) is 0 Å². The van der Waals surface area contributed by atoms with Crippen LogP contribution in [0.1, 0.15) is 75.1 Å². The predicted molar refractivity (Wildman–Crippen MR) is 86.1 cm³/mol. The van der Waals surface area contributed by atoms with Crippen molar-refractivity contribution in [3.63, 3.8) is 0 Å². The minimum absolute atomic E-state index is 0.460. The van der Waals surface area contributed by atoms with Gasteiger partial charge in [-0.25, -0.2) is 0 Å². The number of nitrogens with one attached hydrogen (secondary N) is 1. The third-order valence-corrected chi connectivity index (χ3v) is 5.50. The highest BCUT2D eigenvalue weighted by Gasteiger charge is 2.37. The summed E-state index contributed by atoms with van der Waals surface area (Å²) in [5, 5.41) is 3.86. The summed E-state index contributed by atoms with van der Waals surface area (Å²) >= 11 is 0. The molecule has 3 rings (SSSR count). The molecule has 1 N–H and O–H groups in total. The first-order valence-corrected chi connectivity index (χ1v) is 8.58. The highest BCUT2D eigenvalue weighted by atomic mass is 14.9. The molecule has 0 amide bonds. The van der Waals surface area contributed by atoms with Crippen molar-refractivity contribution >= 4 is 0 Å². The van der Waals surface area contributed by atoms with E-state index in [1.165, 1.54) is 51.4 Å². The van der Waals surface area contributed by atoms with Crippen molar-refractivity contribution in [3.05, 3.63) is 34.9 Å². The zero-order valence-electron chi connectivity index (χ0n) is 13.2. The van der Waals surface area contributed by atoms with Gasteiger partial charge in [-0.05, 0) is 67.2 Å². The monoisotopic (exact) mass is 271 g/mol. The van der Waals surface area contributed by atoms with Gasteiger partial charge in [0.15, 0.2) is 0 Å². The Hall–Kier alpha value is -0.820. The summed E-state index contributed by atoms with van der Waals surface area (Å²) in [6.45, 7) is 5.90. The Labute approximate surface area is 124 Å². The number of hydrogen-bond donors (Lipinski definition) is 1. The molecule has 20 heavy (non-hydrogen) atoms. The van der Waals surface area contributed by atoms with E-state index in [9.17, 15) is 0 Å². The summed E-state index contributed by atoms with van der Waals surface area (Å²) in [6, 6.07) is 7.87. The molecule has 2 aliphatic rings. The molecule has 1 aromatic carbocycles. The Morgan fingerprint density at radius 1 is 1.10 bits per heavy atom. The topological polar surface area (TPSA) is 12.0 Å². The fraction of sp³-hybridized carbons (Fsp3) is 0.684. The van der Waals surface area contributed by atoms with Gasteiger partial charge in [-0.1, -0.05) is 44.9 Å². The maximum atomic E-state index is 3.86. The molecule has 110 valence electrons.